The maximum absolute atomic E-state index is 9.25. The van der Waals surface area contributed by atoms with Crippen molar-refractivity contribution in [3.8, 4) is 11.5 Å². The average molecular weight is 211 g/mol. The van der Waals surface area contributed by atoms with Crippen molar-refractivity contribution in [1.82, 2.24) is 5.32 Å². The van der Waals surface area contributed by atoms with Crippen LogP contribution in [0, 0.1) is 0 Å². The summed E-state index contributed by atoms with van der Waals surface area (Å²) in [6.45, 7) is 2.65. The quantitative estimate of drug-likeness (QED) is 0.547. The molecule has 0 fully saturated rings. The highest BCUT2D eigenvalue weighted by molar-refractivity contribution is 5.40. The molecule has 0 radical (unpaired) electrons. The fourth-order valence-electron chi connectivity index (χ4n) is 1.28. The lowest BCUT2D eigenvalue weighted by atomic mass is 10.1. The van der Waals surface area contributed by atoms with Crippen LogP contribution in [-0.2, 0) is 6.54 Å². The van der Waals surface area contributed by atoms with Crippen molar-refractivity contribution in [2.45, 2.75) is 25.9 Å². The number of nitrogens with one attached hydrogen (secondary N) is 1. The minimum atomic E-state index is -0.119. The van der Waals surface area contributed by atoms with Crippen LogP contribution in [0.1, 0.15) is 18.9 Å². The van der Waals surface area contributed by atoms with Gasteiger partial charge in [0.05, 0.1) is 6.61 Å². The van der Waals surface area contributed by atoms with E-state index in [2.05, 4.69) is 5.32 Å². The minimum Gasteiger partial charge on any atom is -0.504 e. The van der Waals surface area contributed by atoms with E-state index in [1.807, 2.05) is 6.92 Å². The number of hydrogen-bond acceptors (Lipinski definition) is 4. The molecule has 0 aliphatic heterocycles. The van der Waals surface area contributed by atoms with E-state index in [4.69, 9.17) is 10.2 Å². The van der Waals surface area contributed by atoms with Crippen LogP contribution >= 0.6 is 0 Å². The van der Waals surface area contributed by atoms with E-state index in [0.29, 0.717) is 6.54 Å². The van der Waals surface area contributed by atoms with Gasteiger partial charge < -0.3 is 20.6 Å². The zero-order chi connectivity index (χ0) is 11.3. The Labute approximate surface area is 89.2 Å². The van der Waals surface area contributed by atoms with E-state index < -0.39 is 0 Å². The van der Waals surface area contributed by atoms with E-state index >= 15 is 0 Å². The molecule has 1 unspecified atom stereocenters. The number of rotatable bonds is 5. The van der Waals surface area contributed by atoms with Crippen molar-refractivity contribution >= 4 is 0 Å². The van der Waals surface area contributed by atoms with Gasteiger partial charge in [0, 0.05) is 12.6 Å². The van der Waals surface area contributed by atoms with Crippen molar-refractivity contribution < 1.29 is 15.3 Å². The summed E-state index contributed by atoms with van der Waals surface area (Å²) in [5, 5.41) is 30.4. The van der Waals surface area contributed by atoms with E-state index in [-0.39, 0.29) is 24.1 Å². The van der Waals surface area contributed by atoms with Crippen molar-refractivity contribution in [1.29, 1.82) is 0 Å². The maximum atomic E-state index is 9.25. The molecule has 4 nitrogen and oxygen atoms in total. The Balaban J connectivity index is 2.54. The molecule has 15 heavy (non-hydrogen) atoms. The van der Waals surface area contributed by atoms with Gasteiger partial charge >= 0.3 is 0 Å². The Hall–Kier alpha value is -1.26. The second-order valence-electron chi connectivity index (χ2n) is 3.49. The molecule has 0 aromatic heterocycles. The normalized spacial score (nSPS) is 12.7. The lowest BCUT2D eigenvalue weighted by Crippen LogP contribution is -2.31. The number of phenols is 2. The lowest BCUT2D eigenvalue weighted by Gasteiger charge is -2.13. The summed E-state index contributed by atoms with van der Waals surface area (Å²) in [6.07, 6.45) is 0.848. The largest absolute Gasteiger partial charge is 0.504 e. The number of aliphatic hydroxyl groups is 1. The topological polar surface area (TPSA) is 72.7 Å². The van der Waals surface area contributed by atoms with Crippen LogP contribution in [0.5, 0.6) is 11.5 Å². The summed E-state index contributed by atoms with van der Waals surface area (Å²) in [5.74, 6) is -0.237. The summed E-state index contributed by atoms with van der Waals surface area (Å²) < 4.78 is 0. The second-order valence-corrected chi connectivity index (χ2v) is 3.49. The number of benzene rings is 1. The van der Waals surface area contributed by atoms with Gasteiger partial charge in [-0.2, -0.15) is 0 Å². The molecule has 84 valence electrons. The van der Waals surface area contributed by atoms with Crippen LogP contribution in [-0.4, -0.2) is 28.0 Å². The van der Waals surface area contributed by atoms with Crippen LogP contribution in [0.3, 0.4) is 0 Å². The zero-order valence-corrected chi connectivity index (χ0v) is 8.77. The SMILES string of the molecule is CCC(CO)NCc1ccc(O)c(O)c1. The molecule has 4 heteroatoms. The third-order valence-electron chi connectivity index (χ3n) is 2.35. The van der Waals surface area contributed by atoms with Gasteiger partial charge in [0.15, 0.2) is 11.5 Å². The smallest absolute Gasteiger partial charge is 0.157 e. The van der Waals surface area contributed by atoms with Crippen molar-refractivity contribution in [3.63, 3.8) is 0 Å². The Kier molecular flexibility index (Phi) is 4.39. The lowest BCUT2D eigenvalue weighted by molar-refractivity contribution is 0.238. The van der Waals surface area contributed by atoms with Gasteiger partial charge in [-0.15, -0.1) is 0 Å². The van der Waals surface area contributed by atoms with E-state index in [0.717, 1.165) is 12.0 Å². The molecular formula is C11H17NO3. The fourth-order valence-corrected chi connectivity index (χ4v) is 1.28. The first-order valence-electron chi connectivity index (χ1n) is 5.02. The number of aromatic hydroxyl groups is 2. The Morgan fingerprint density at radius 2 is 2.00 bits per heavy atom. The average Bonchev–Trinajstić information content (AvgIpc) is 2.24. The predicted molar refractivity (Wildman–Crippen MR) is 57.8 cm³/mol. The summed E-state index contributed by atoms with van der Waals surface area (Å²) in [7, 11) is 0. The molecule has 1 aromatic rings. The molecule has 0 aliphatic rings. The molecule has 0 aliphatic carbocycles. The molecule has 0 bridgehead atoms. The highest BCUT2D eigenvalue weighted by atomic mass is 16.3. The monoisotopic (exact) mass is 211 g/mol. The van der Waals surface area contributed by atoms with E-state index in [1.54, 1.807) is 6.07 Å². The van der Waals surface area contributed by atoms with Gasteiger partial charge in [-0.1, -0.05) is 13.0 Å². The molecular weight excluding hydrogens is 194 g/mol. The van der Waals surface area contributed by atoms with Gasteiger partial charge in [-0.3, -0.25) is 0 Å². The number of phenolic OH excluding ortho intramolecular Hbond substituents is 2. The van der Waals surface area contributed by atoms with Crippen molar-refractivity contribution in [3.05, 3.63) is 23.8 Å². The molecule has 4 N–H and O–H groups in total. The zero-order valence-electron chi connectivity index (χ0n) is 8.77. The minimum absolute atomic E-state index is 0.0703. The van der Waals surface area contributed by atoms with Gasteiger partial charge in [-0.25, -0.2) is 0 Å². The molecule has 1 atom stereocenters. The first-order valence-corrected chi connectivity index (χ1v) is 5.02. The van der Waals surface area contributed by atoms with Gasteiger partial charge in [-0.05, 0) is 24.1 Å². The molecule has 0 saturated heterocycles. The second kappa shape index (κ2) is 5.58. The van der Waals surface area contributed by atoms with Gasteiger partial charge in [0.25, 0.3) is 0 Å². The summed E-state index contributed by atoms with van der Waals surface area (Å²) in [5.41, 5.74) is 0.872. The fraction of sp³-hybridized carbons (Fsp3) is 0.455. The highest BCUT2D eigenvalue weighted by Gasteiger charge is 2.04. The van der Waals surface area contributed by atoms with Crippen LogP contribution in [0.2, 0.25) is 0 Å². The maximum Gasteiger partial charge on any atom is 0.157 e. The van der Waals surface area contributed by atoms with E-state index in [1.165, 1.54) is 12.1 Å². The molecule has 0 heterocycles. The molecule has 0 amide bonds. The van der Waals surface area contributed by atoms with Crippen LogP contribution in [0.25, 0.3) is 0 Å². The first-order chi connectivity index (χ1) is 7.17. The van der Waals surface area contributed by atoms with Crippen LogP contribution in [0.4, 0.5) is 0 Å². The molecule has 0 spiro atoms. The number of aliphatic hydroxyl groups excluding tert-OH is 1. The van der Waals surface area contributed by atoms with Crippen LogP contribution < -0.4 is 5.32 Å². The first kappa shape index (κ1) is 11.8. The number of hydrogen-bond donors (Lipinski definition) is 4. The standard InChI is InChI=1S/C11H17NO3/c1-2-9(7-13)12-6-8-3-4-10(14)11(15)5-8/h3-5,9,12-15H,2,6-7H2,1H3. The Morgan fingerprint density at radius 3 is 2.53 bits per heavy atom. The molecule has 1 rings (SSSR count). The third kappa shape index (κ3) is 3.42. The summed E-state index contributed by atoms with van der Waals surface area (Å²) >= 11 is 0. The van der Waals surface area contributed by atoms with Crippen molar-refractivity contribution in [2.24, 2.45) is 0 Å². The summed E-state index contributed by atoms with van der Waals surface area (Å²) in [6, 6.07) is 4.76. The van der Waals surface area contributed by atoms with Gasteiger partial charge in [0.2, 0.25) is 0 Å². The van der Waals surface area contributed by atoms with E-state index in [9.17, 15) is 5.11 Å². The van der Waals surface area contributed by atoms with Crippen LogP contribution in [0.15, 0.2) is 18.2 Å². The predicted octanol–water partition coefficient (Wildman–Crippen LogP) is 0.958. The van der Waals surface area contributed by atoms with Gasteiger partial charge in [0.1, 0.15) is 0 Å². The Bertz CT molecular complexity index is 311. The molecule has 1 aromatic carbocycles. The van der Waals surface area contributed by atoms with Crippen molar-refractivity contribution in [2.75, 3.05) is 6.61 Å². The Morgan fingerprint density at radius 1 is 1.27 bits per heavy atom. The highest BCUT2D eigenvalue weighted by Crippen LogP contribution is 2.24. The summed E-state index contributed by atoms with van der Waals surface area (Å²) in [4.78, 5) is 0. The molecule has 0 saturated carbocycles. The third-order valence-corrected chi connectivity index (χ3v) is 2.35.